The van der Waals surface area contributed by atoms with Gasteiger partial charge in [-0.3, -0.25) is 4.79 Å². The average molecular weight is 502 g/mol. The first-order valence-electron chi connectivity index (χ1n) is 8.65. The van der Waals surface area contributed by atoms with Crippen LogP contribution in [0.15, 0.2) is 0 Å². The van der Waals surface area contributed by atoms with Crippen LogP contribution >= 0.6 is 31.5 Å². The van der Waals surface area contributed by atoms with Gasteiger partial charge in [-0.05, 0) is 33.1 Å². The third-order valence-corrected chi connectivity index (χ3v) is 3.79. The molecular weight excluding hydrogens is 473 g/mol. The number of alkyl carbamates (subject to hydrolysis) is 2. The summed E-state index contributed by atoms with van der Waals surface area (Å²) in [6, 6.07) is -0.678. The average Bonchev–Trinajstić information content (AvgIpc) is 2.57. The lowest BCUT2D eigenvalue weighted by atomic mass is 10.1. The van der Waals surface area contributed by atoms with Gasteiger partial charge in [-0.25, -0.2) is 9.59 Å². The molecule has 9 nitrogen and oxygen atoms in total. The Balaban J connectivity index is 4.26. The molecule has 0 aliphatic carbocycles. The molecule has 0 aromatic rings. The maximum Gasteiger partial charge on any atom is 0.407 e. The van der Waals surface area contributed by atoms with Crippen LogP contribution in [-0.4, -0.2) is 61.4 Å². The first kappa shape index (κ1) is 25.2. The topological polar surface area (TPSA) is 118 Å². The molecule has 0 rings (SSSR count). The predicted molar refractivity (Wildman–Crippen MR) is 113 cm³/mol. The van der Waals surface area contributed by atoms with Crippen molar-refractivity contribution in [2.75, 3.05) is 32.8 Å². The van der Waals surface area contributed by atoms with Gasteiger partial charge in [0.2, 0.25) is 5.91 Å². The van der Waals surface area contributed by atoms with Crippen molar-refractivity contribution in [3.8, 4) is 0 Å². The molecule has 0 fully saturated rings. The molecule has 0 radical (unpaired) electrons. The zero-order chi connectivity index (χ0) is 19.8. The van der Waals surface area contributed by atoms with Gasteiger partial charge < -0.3 is 30.7 Å². The van der Waals surface area contributed by atoms with E-state index in [9.17, 15) is 14.4 Å². The lowest BCUT2D eigenvalue weighted by Gasteiger charge is -2.18. The SMILES string of the molecule is CCOC(=O)NCCCCC(NC(=O)OCC)C(=O)NCCNB(P)I. The summed E-state index contributed by atoms with van der Waals surface area (Å²) in [5.41, 5.74) is 0. The highest BCUT2D eigenvalue weighted by Gasteiger charge is 2.20. The number of rotatable bonds is 13. The van der Waals surface area contributed by atoms with Gasteiger partial charge in [0.1, 0.15) is 6.04 Å². The van der Waals surface area contributed by atoms with Crippen molar-refractivity contribution in [1.29, 1.82) is 0 Å². The second-order valence-electron chi connectivity index (χ2n) is 5.21. The Morgan fingerprint density at radius 2 is 1.65 bits per heavy atom. The van der Waals surface area contributed by atoms with Crippen LogP contribution in [0, 0.1) is 0 Å². The van der Waals surface area contributed by atoms with E-state index < -0.39 is 18.2 Å². The van der Waals surface area contributed by atoms with E-state index in [-0.39, 0.29) is 16.9 Å². The molecular formula is C14H29BIN4O5P. The Kier molecular flexibility index (Phi) is 15.9. The lowest BCUT2D eigenvalue weighted by molar-refractivity contribution is -0.123. The first-order chi connectivity index (χ1) is 12.4. The maximum absolute atomic E-state index is 12.3. The molecule has 12 heteroatoms. The second kappa shape index (κ2) is 16.4. The molecule has 0 heterocycles. The Hall–Kier alpha value is -0.805. The van der Waals surface area contributed by atoms with Crippen LogP contribution in [0.4, 0.5) is 9.59 Å². The largest absolute Gasteiger partial charge is 0.450 e. The minimum atomic E-state index is -0.678. The molecule has 150 valence electrons. The summed E-state index contributed by atoms with van der Waals surface area (Å²) in [4.78, 5) is 35.1. The number of hydrogen-bond acceptors (Lipinski definition) is 6. The van der Waals surface area contributed by atoms with Crippen molar-refractivity contribution in [3.63, 3.8) is 0 Å². The smallest absolute Gasteiger partial charge is 0.407 e. The summed E-state index contributed by atoms with van der Waals surface area (Å²) in [5.74, 6) is -0.257. The summed E-state index contributed by atoms with van der Waals surface area (Å²) in [7, 11) is 2.60. The summed E-state index contributed by atoms with van der Waals surface area (Å²) >= 11 is 2.20. The minimum Gasteiger partial charge on any atom is -0.450 e. The Labute approximate surface area is 171 Å². The standard InChI is InChI=1S/C14H29BIN4O5P/c1-3-24-13(22)18-8-6-5-7-11(20-14(23)25-4-2)12(21)17-9-10-19-15(16)26/h11,19H,3-10,26H2,1-2H3,(H,17,21)(H,18,22)(H,20,23). The van der Waals surface area contributed by atoms with Crippen LogP contribution in [0.25, 0.3) is 0 Å². The molecule has 2 atom stereocenters. The van der Waals surface area contributed by atoms with E-state index in [4.69, 9.17) is 9.47 Å². The number of carbonyl (C=O) groups excluding carboxylic acids is 3. The molecule has 0 saturated heterocycles. The fraction of sp³-hybridized carbons (Fsp3) is 0.786. The fourth-order valence-corrected chi connectivity index (χ4v) is 2.43. The van der Waals surface area contributed by atoms with E-state index in [0.29, 0.717) is 45.5 Å². The number of amides is 3. The van der Waals surface area contributed by atoms with Crippen molar-refractivity contribution in [3.05, 3.63) is 0 Å². The van der Waals surface area contributed by atoms with Crippen molar-refractivity contribution in [1.82, 2.24) is 21.2 Å². The zero-order valence-corrected chi connectivity index (χ0v) is 18.6. The number of nitrogens with one attached hydrogen (secondary N) is 4. The van der Waals surface area contributed by atoms with Crippen LogP contribution < -0.4 is 21.2 Å². The number of hydrogen-bond donors (Lipinski definition) is 4. The van der Waals surface area contributed by atoms with E-state index in [0.717, 1.165) is 0 Å². The molecule has 0 aliphatic rings. The monoisotopic (exact) mass is 502 g/mol. The molecule has 4 N–H and O–H groups in total. The van der Waals surface area contributed by atoms with Crippen LogP contribution in [-0.2, 0) is 14.3 Å². The summed E-state index contributed by atoms with van der Waals surface area (Å²) in [5, 5.41) is 11.1. The first-order valence-corrected chi connectivity index (χ1v) is 10.6. The van der Waals surface area contributed by atoms with E-state index in [1.807, 2.05) is 0 Å². The third-order valence-electron chi connectivity index (χ3n) is 3.11. The molecule has 0 aliphatic heterocycles. The van der Waals surface area contributed by atoms with E-state index in [1.165, 1.54) is 0 Å². The summed E-state index contributed by atoms with van der Waals surface area (Å²) in [6.07, 6.45) is 0.685. The summed E-state index contributed by atoms with van der Waals surface area (Å²) in [6.45, 7) is 5.52. The Bertz CT molecular complexity index is 434. The van der Waals surface area contributed by atoms with Gasteiger partial charge in [-0.2, -0.15) is 0 Å². The number of unbranched alkanes of at least 4 members (excludes halogenated alkanes) is 1. The van der Waals surface area contributed by atoms with Crippen LogP contribution in [0.3, 0.4) is 0 Å². The van der Waals surface area contributed by atoms with Crippen LogP contribution in [0.1, 0.15) is 33.1 Å². The Morgan fingerprint density at radius 3 is 2.27 bits per heavy atom. The Morgan fingerprint density at radius 1 is 1.00 bits per heavy atom. The van der Waals surface area contributed by atoms with Gasteiger partial charge in [0.25, 0.3) is 0 Å². The quantitative estimate of drug-likeness (QED) is 0.129. The van der Waals surface area contributed by atoms with Crippen molar-refractivity contribution in [2.24, 2.45) is 0 Å². The number of carbonyl (C=O) groups is 3. The second-order valence-corrected chi connectivity index (χ2v) is 8.57. The molecule has 0 saturated carbocycles. The van der Waals surface area contributed by atoms with Gasteiger partial charge in [-0.1, -0.05) is 0 Å². The highest BCUT2D eigenvalue weighted by atomic mass is 127. The molecule has 2 unspecified atom stereocenters. The van der Waals surface area contributed by atoms with Crippen molar-refractivity contribution >= 4 is 54.0 Å². The lowest BCUT2D eigenvalue weighted by Crippen LogP contribution is -2.48. The highest BCUT2D eigenvalue weighted by molar-refractivity contribution is 14.1. The van der Waals surface area contributed by atoms with E-state index in [1.54, 1.807) is 13.8 Å². The van der Waals surface area contributed by atoms with E-state index in [2.05, 4.69) is 52.7 Å². The maximum atomic E-state index is 12.3. The van der Waals surface area contributed by atoms with Crippen LogP contribution in [0.2, 0.25) is 0 Å². The zero-order valence-electron chi connectivity index (χ0n) is 15.3. The minimum absolute atomic E-state index is 0.227. The number of halogens is 1. The van der Waals surface area contributed by atoms with Gasteiger partial charge in [0.05, 0.1) is 13.2 Å². The summed E-state index contributed by atoms with van der Waals surface area (Å²) < 4.78 is 9.84. The fourth-order valence-electron chi connectivity index (χ4n) is 1.95. The van der Waals surface area contributed by atoms with Gasteiger partial charge in [0.15, 0.2) is 0 Å². The normalized spacial score (nSPS) is 11.2. The molecule has 0 bridgehead atoms. The van der Waals surface area contributed by atoms with Gasteiger partial charge in [0, 0.05) is 19.6 Å². The predicted octanol–water partition coefficient (Wildman–Crippen LogP) is 1.02. The molecule has 3 amide bonds. The molecule has 0 spiro atoms. The third kappa shape index (κ3) is 14.4. The molecule has 26 heavy (non-hydrogen) atoms. The van der Waals surface area contributed by atoms with Crippen molar-refractivity contribution in [2.45, 2.75) is 39.2 Å². The van der Waals surface area contributed by atoms with E-state index >= 15 is 0 Å². The van der Waals surface area contributed by atoms with Gasteiger partial charge >= 0.3 is 16.6 Å². The van der Waals surface area contributed by atoms with Crippen LogP contribution in [0.5, 0.6) is 0 Å². The molecule has 0 aromatic heterocycles. The van der Waals surface area contributed by atoms with Crippen molar-refractivity contribution < 1.29 is 23.9 Å². The molecule has 0 aromatic carbocycles. The van der Waals surface area contributed by atoms with Gasteiger partial charge in [-0.15, -0.1) is 31.5 Å². The number of ether oxygens (including phenoxy) is 2. The highest BCUT2D eigenvalue weighted by Crippen LogP contribution is 2.02.